The van der Waals surface area contributed by atoms with Crippen molar-refractivity contribution in [3.05, 3.63) is 65.9 Å². The lowest BCUT2D eigenvalue weighted by Gasteiger charge is -2.41. The number of likely N-dealkylation sites (tertiary alicyclic amines) is 1. The molecule has 0 bridgehead atoms. The van der Waals surface area contributed by atoms with Crippen LogP contribution < -0.4 is 10.6 Å². The summed E-state index contributed by atoms with van der Waals surface area (Å²) < 4.78 is 5.38. The number of carbonyl (C=O) groups is 2. The molecule has 162 valence electrons. The van der Waals surface area contributed by atoms with E-state index in [2.05, 4.69) is 15.8 Å². The molecule has 3 N–H and O–H groups in total. The van der Waals surface area contributed by atoms with Gasteiger partial charge in [0.1, 0.15) is 11.4 Å². The van der Waals surface area contributed by atoms with Crippen LogP contribution in [-0.4, -0.2) is 45.7 Å². The number of hydrogen-bond donors (Lipinski definition) is 3. The minimum atomic E-state index is -0.536. The summed E-state index contributed by atoms with van der Waals surface area (Å²) in [6, 6.07) is 15.7. The molecule has 1 saturated carbocycles. The first-order valence-electron chi connectivity index (χ1n) is 10.8. The number of hydrogen-bond acceptors (Lipinski definition) is 6. The second-order valence-electron chi connectivity index (χ2n) is 8.83. The molecule has 0 unspecified atom stereocenters. The summed E-state index contributed by atoms with van der Waals surface area (Å²) in [5.41, 5.74) is 1.95. The van der Waals surface area contributed by atoms with E-state index in [0.717, 1.165) is 24.1 Å². The molecule has 2 amide bonds. The maximum absolute atomic E-state index is 13.2. The fourth-order valence-corrected chi connectivity index (χ4v) is 5.43. The highest BCUT2D eigenvalue weighted by molar-refractivity contribution is 6.02. The van der Waals surface area contributed by atoms with Crippen LogP contribution in [0, 0.1) is 11.8 Å². The van der Waals surface area contributed by atoms with Gasteiger partial charge in [-0.05, 0) is 55.2 Å². The first-order valence-corrected chi connectivity index (χ1v) is 10.8. The normalized spacial score (nSPS) is 25.9. The predicted octanol–water partition coefficient (Wildman–Crippen LogP) is 3.08. The van der Waals surface area contributed by atoms with E-state index in [1.165, 1.54) is 0 Å². The average molecular weight is 430 g/mol. The van der Waals surface area contributed by atoms with Crippen LogP contribution in [0.2, 0.25) is 0 Å². The number of phenolic OH excluding ortho intramolecular Hbond substituents is 1. The van der Waals surface area contributed by atoms with Crippen LogP contribution in [0.25, 0.3) is 11.3 Å². The number of aromatic nitrogens is 1. The minimum absolute atomic E-state index is 0.0696. The van der Waals surface area contributed by atoms with Crippen molar-refractivity contribution in [3.63, 3.8) is 0 Å². The molecule has 8 heteroatoms. The number of benzene rings is 2. The summed E-state index contributed by atoms with van der Waals surface area (Å²) >= 11 is 0. The van der Waals surface area contributed by atoms with Gasteiger partial charge < -0.3 is 25.2 Å². The summed E-state index contributed by atoms with van der Waals surface area (Å²) in [4.78, 5) is 27.7. The van der Waals surface area contributed by atoms with Gasteiger partial charge in [0.15, 0.2) is 11.5 Å². The van der Waals surface area contributed by atoms with E-state index >= 15 is 0 Å². The lowest BCUT2D eigenvalue weighted by atomic mass is 9.89. The van der Waals surface area contributed by atoms with Crippen LogP contribution in [0.1, 0.15) is 33.7 Å². The van der Waals surface area contributed by atoms with Gasteiger partial charge in [-0.3, -0.25) is 9.59 Å². The summed E-state index contributed by atoms with van der Waals surface area (Å²) in [7, 11) is 0. The number of rotatable bonds is 2. The van der Waals surface area contributed by atoms with Gasteiger partial charge in [-0.25, -0.2) is 0 Å². The zero-order valence-electron chi connectivity index (χ0n) is 17.2. The highest BCUT2D eigenvalue weighted by atomic mass is 16.5. The Balaban J connectivity index is 1.22. The Morgan fingerprint density at radius 2 is 1.94 bits per heavy atom. The number of nitrogens with zero attached hydrogens (tertiary/aromatic N) is 2. The van der Waals surface area contributed by atoms with Gasteiger partial charge in [-0.2, -0.15) is 0 Å². The van der Waals surface area contributed by atoms with Crippen molar-refractivity contribution in [2.24, 2.45) is 11.8 Å². The zero-order chi connectivity index (χ0) is 21.9. The van der Waals surface area contributed by atoms with Gasteiger partial charge in [0, 0.05) is 36.3 Å². The van der Waals surface area contributed by atoms with Gasteiger partial charge in [0.05, 0.1) is 5.56 Å². The molecule has 2 aliphatic heterocycles. The second kappa shape index (κ2) is 6.85. The number of nitrogens with one attached hydrogen (secondary N) is 2. The number of carbonyl (C=O) groups excluding carboxylic acids is 2. The molecule has 3 aliphatic rings. The van der Waals surface area contributed by atoms with Gasteiger partial charge in [-0.1, -0.05) is 17.3 Å². The van der Waals surface area contributed by atoms with Crippen molar-refractivity contribution in [1.29, 1.82) is 0 Å². The highest BCUT2D eigenvalue weighted by Gasteiger charge is 2.55. The molecule has 2 fully saturated rings. The molecule has 1 aromatic heterocycles. The largest absolute Gasteiger partial charge is 0.508 e. The lowest BCUT2D eigenvalue weighted by Crippen LogP contribution is -2.61. The van der Waals surface area contributed by atoms with Crippen molar-refractivity contribution in [1.82, 2.24) is 15.4 Å². The Bertz CT molecular complexity index is 1220. The van der Waals surface area contributed by atoms with Gasteiger partial charge in [-0.15, -0.1) is 0 Å². The van der Waals surface area contributed by atoms with Gasteiger partial charge in [0.2, 0.25) is 0 Å². The van der Waals surface area contributed by atoms with Crippen LogP contribution in [0.4, 0.5) is 5.69 Å². The fraction of sp³-hybridized carbons (Fsp3) is 0.292. The number of para-hydroxylation sites is 1. The zero-order valence-corrected chi connectivity index (χ0v) is 17.2. The third-order valence-corrected chi connectivity index (χ3v) is 7.02. The Morgan fingerprint density at radius 1 is 1.12 bits per heavy atom. The van der Waals surface area contributed by atoms with Crippen LogP contribution in [0.3, 0.4) is 0 Å². The molecular weight excluding hydrogens is 408 g/mol. The van der Waals surface area contributed by atoms with Crippen molar-refractivity contribution in [2.45, 2.75) is 18.5 Å². The van der Waals surface area contributed by atoms with Crippen molar-refractivity contribution >= 4 is 17.5 Å². The molecular formula is C24H22N4O4. The summed E-state index contributed by atoms with van der Waals surface area (Å²) in [5, 5.41) is 20.2. The summed E-state index contributed by atoms with van der Waals surface area (Å²) in [5.74, 6) is 0.813. The quantitative estimate of drug-likeness (QED) is 0.577. The van der Waals surface area contributed by atoms with Gasteiger partial charge >= 0.3 is 0 Å². The molecule has 3 atom stereocenters. The van der Waals surface area contributed by atoms with Crippen molar-refractivity contribution < 1.29 is 19.2 Å². The third-order valence-electron chi connectivity index (χ3n) is 7.02. The van der Waals surface area contributed by atoms with E-state index < -0.39 is 5.66 Å². The molecule has 8 nitrogen and oxygen atoms in total. The van der Waals surface area contributed by atoms with Gasteiger partial charge in [0.25, 0.3) is 11.8 Å². The Labute approximate surface area is 184 Å². The number of phenols is 1. The number of anilines is 1. The maximum Gasteiger partial charge on any atom is 0.276 e. The molecule has 0 radical (unpaired) electrons. The Morgan fingerprint density at radius 3 is 2.78 bits per heavy atom. The van der Waals surface area contributed by atoms with E-state index in [1.54, 1.807) is 30.3 Å². The first kappa shape index (κ1) is 18.9. The first-order chi connectivity index (χ1) is 15.5. The molecule has 1 aliphatic carbocycles. The van der Waals surface area contributed by atoms with Crippen LogP contribution in [0.5, 0.6) is 5.75 Å². The maximum atomic E-state index is 13.2. The lowest BCUT2D eigenvalue weighted by molar-refractivity contribution is 0.0758. The smallest absolute Gasteiger partial charge is 0.276 e. The highest BCUT2D eigenvalue weighted by Crippen LogP contribution is 2.47. The van der Waals surface area contributed by atoms with E-state index in [9.17, 15) is 14.7 Å². The van der Waals surface area contributed by atoms with Crippen molar-refractivity contribution in [3.8, 4) is 17.1 Å². The van der Waals surface area contributed by atoms with Crippen LogP contribution in [-0.2, 0) is 0 Å². The molecule has 1 saturated heterocycles. The van der Waals surface area contributed by atoms with Crippen LogP contribution in [0.15, 0.2) is 59.1 Å². The molecule has 6 rings (SSSR count). The minimum Gasteiger partial charge on any atom is -0.508 e. The summed E-state index contributed by atoms with van der Waals surface area (Å²) in [6.07, 6.45) is 1.76. The molecule has 3 aromatic rings. The van der Waals surface area contributed by atoms with E-state index in [-0.39, 0.29) is 29.2 Å². The molecule has 1 spiro atoms. The topological polar surface area (TPSA) is 108 Å². The number of aromatic hydroxyl groups is 1. The molecule has 32 heavy (non-hydrogen) atoms. The summed E-state index contributed by atoms with van der Waals surface area (Å²) in [6.45, 7) is 1.17. The Kier molecular flexibility index (Phi) is 4.05. The van der Waals surface area contributed by atoms with E-state index in [1.807, 2.05) is 29.2 Å². The Hall–Kier alpha value is -3.81. The fourth-order valence-electron chi connectivity index (χ4n) is 5.43. The second-order valence-corrected chi connectivity index (χ2v) is 8.83. The number of amides is 2. The molecule has 3 heterocycles. The number of fused-ring (bicyclic) bond motifs is 3. The average Bonchev–Trinajstić information content (AvgIpc) is 3.52. The van der Waals surface area contributed by atoms with E-state index in [4.69, 9.17) is 4.52 Å². The van der Waals surface area contributed by atoms with E-state index in [0.29, 0.717) is 30.3 Å². The predicted molar refractivity (Wildman–Crippen MR) is 116 cm³/mol. The van der Waals surface area contributed by atoms with Crippen molar-refractivity contribution in [2.75, 3.05) is 18.4 Å². The van der Waals surface area contributed by atoms with Crippen LogP contribution >= 0.6 is 0 Å². The SMILES string of the molecule is O=C1N[C@]2(CC[C@@H]3CN(C(=O)c4cc(-c5ccc(O)cc5)on4)C[C@@H]32)Nc2ccccc21. The monoisotopic (exact) mass is 430 g/mol. The molecule has 2 aromatic carbocycles. The standard InChI is InChI=1S/C24H22N4O4/c29-16-7-5-14(6-8-16)21-11-20(27-32-21)23(31)28-12-15-9-10-24(18(15)13-28)25-19-4-2-1-3-17(19)22(30)26-24/h1-8,11,15,18,25,29H,9-10,12-13H2,(H,26,30)/t15-,18+,24+/m1/s1. The third kappa shape index (κ3) is 2.86.